The number of benzene rings is 2. The number of hydrogen-bond donors (Lipinski definition) is 2. The second-order valence-corrected chi connectivity index (χ2v) is 10.3. The lowest BCUT2D eigenvalue weighted by Crippen LogP contribution is -2.48. The molecule has 37 heavy (non-hydrogen) atoms. The SMILES string of the molecule is C[C@@H]1Cc2c([nH]c3ccccc23)[C@@H](c2c(F)cc(OCc3ncccc3CO)cc2F)N1CC(C)(C)F. The molecule has 0 radical (unpaired) electrons. The number of nitrogens with one attached hydrogen (secondary N) is 1. The Morgan fingerprint density at radius 2 is 1.86 bits per heavy atom. The molecule has 0 amide bonds. The first-order valence-electron chi connectivity index (χ1n) is 12.4. The zero-order chi connectivity index (χ0) is 26.3. The predicted molar refractivity (Wildman–Crippen MR) is 136 cm³/mol. The van der Waals surface area contributed by atoms with Crippen molar-refractivity contribution in [3.8, 4) is 5.75 Å². The molecule has 4 aromatic rings. The van der Waals surface area contributed by atoms with E-state index in [0.29, 0.717) is 23.4 Å². The molecule has 1 aliphatic heterocycles. The number of aromatic nitrogens is 2. The topological polar surface area (TPSA) is 61.4 Å². The third kappa shape index (κ3) is 4.95. The zero-order valence-corrected chi connectivity index (χ0v) is 21.1. The first-order valence-corrected chi connectivity index (χ1v) is 12.4. The zero-order valence-electron chi connectivity index (χ0n) is 21.1. The van der Waals surface area contributed by atoms with Crippen LogP contribution in [0.1, 0.15) is 54.9 Å². The third-order valence-electron chi connectivity index (χ3n) is 6.93. The maximum atomic E-state index is 15.7. The van der Waals surface area contributed by atoms with E-state index < -0.39 is 23.3 Å². The van der Waals surface area contributed by atoms with Gasteiger partial charge in [0, 0.05) is 58.6 Å². The molecular formula is C29H30F3N3O2. The van der Waals surface area contributed by atoms with Gasteiger partial charge in [-0.3, -0.25) is 9.88 Å². The van der Waals surface area contributed by atoms with Crippen molar-refractivity contribution in [2.45, 2.75) is 58.2 Å². The van der Waals surface area contributed by atoms with Crippen molar-refractivity contribution in [3.05, 3.63) is 94.4 Å². The van der Waals surface area contributed by atoms with Crippen molar-refractivity contribution in [2.75, 3.05) is 6.54 Å². The Balaban J connectivity index is 1.56. The largest absolute Gasteiger partial charge is 0.487 e. The molecule has 0 saturated carbocycles. The van der Waals surface area contributed by atoms with Gasteiger partial charge in [-0.2, -0.15) is 0 Å². The highest BCUT2D eigenvalue weighted by molar-refractivity contribution is 5.85. The summed E-state index contributed by atoms with van der Waals surface area (Å²) in [4.78, 5) is 9.38. The first-order chi connectivity index (χ1) is 17.7. The van der Waals surface area contributed by atoms with E-state index in [1.54, 1.807) is 18.3 Å². The smallest absolute Gasteiger partial charge is 0.135 e. The van der Waals surface area contributed by atoms with Gasteiger partial charge in [0.1, 0.15) is 29.7 Å². The highest BCUT2D eigenvalue weighted by atomic mass is 19.1. The molecule has 8 heteroatoms. The van der Waals surface area contributed by atoms with E-state index in [-0.39, 0.29) is 37.1 Å². The van der Waals surface area contributed by atoms with Crippen LogP contribution in [0, 0.1) is 11.6 Å². The van der Waals surface area contributed by atoms with Gasteiger partial charge in [0.2, 0.25) is 0 Å². The fraction of sp³-hybridized carbons (Fsp3) is 0.345. The van der Waals surface area contributed by atoms with Crippen LogP contribution >= 0.6 is 0 Å². The van der Waals surface area contributed by atoms with Crippen LogP contribution in [0.4, 0.5) is 13.2 Å². The number of aliphatic hydroxyl groups is 1. The summed E-state index contributed by atoms with van der Waals surface area (Å²) in [5.41, 5.74) is 1.89. The van der Waals surface area contributed by atoms with Crippen LogP contribution in [-0.4, -0.2) is 38.2 Å². The Kier molecular flexibility index (Phi) is 6.72. The number of halogens is 3. The van der Waals surface area contributed by atoms with Crippen molar-refractivity contribution in [1.29, 1.82) is 0 Å². The molecule has 0 bridgehead atoms. The molecule has 0 saturated heterocycles. The van der Waals surface area contributed by atoms with Gasteiger partial charge in [0.05, 0.1) is 18.3 Å². The van der Waals surface area contributed by atoms with Crippen LogP contribution in [0.5, 0.6) is 5.75 Å². The van der Waals surface area contributed by atoms with E-state index in [2.05, 4.69) is 9.97 Å². The maximum Gasteiger partial charge on any atom is 0.135 e. The van der Waals surface area contributed by atoms with Crippen molar-refractivity contribution in [1.82, 2.24) is 14.9 Å². The van der Waals surface area contributed by atoms with E-state index in [1.165, 1.54) is 13.8 Å². The van der Waals surface area contributed by atoms with E-state index in [1.807, 2.05) is 36.1 Å². The molecule has 1 aliphatic rings. The number of ether oxygens (including phenoxy) is 1. The summed E-state index contributed by atoms with van der Waals surface area (Å²) >= 11 is 0. The van der Waals surface area contributed by atoms with Crippen LogP contribution in [0.2, 0.25) is 0 Å². The molecule has 2 aromatic heterocycles. The summed E-state index contributed by atoms with van der Waals surface area (Å²) < 4.78 is 52.1. The Hall–Kier alpha value is -3.36. The molecule has 0 aliphatic carbocycles. The Bertz CT molecular complexity index is 1410. The van der Waals surface area contributed by atoms with Gasteiger partial charge in [0.15, 0.2) is 0 Å². The quantitative estimate of drug-likeness (QED) is 0.321. The van der Waals surface area contributed by atoms with Crippen molar-refractivity contribution in [2.24, 2.45) is 0 Å². The minimum absolute atomic E-state index is 0.00592. The molecule has 0 fully saturated rings. The van der Waals surface area contributed by atoms with Gasteiger partial charge in [-0.25, -0.2) is 13.2 Å². The number of para-hydroxylation sites is 1. The van der Waals surface area contributed by atoms with E-state index >= 15 is 8.78 Å². The van der Waals surface area contributed by atoms with Crippen LogP contribution in [0.15, 0.2) is 54.7 Å². The number of alkyl halides is 1. The summed E-state index contributed by atoms with van der Waals surface area (Å²) in [5.74, 6) is -1.54. The van der Waals surface area contributed by atoms with Gasteiger partial charge >= 0.3 is 0 Å². The average molecular weight is 510 g/mol. The highest BCUT2D eigenvalue weighted by Gasteiger charge is 2.41. The number of hydrogen-bond acceptors (Lipinski definition) is 4. The van der Waals surface area contributed by atoms with Gasteiger partial charge < -0.3 is 14.8 Å². The van der Waals surface area contributed by atoms with E-state index in [9.17, 15) is 9.50 Å². The fourth-order valence-electron chi connectivity index (χ4n) is 5.30. The van der Waals surface area contributed by atoms with Crippen LogP contribution < -0.4 is 4.74 Å². The molecule has 0 spiro atoms. The number of rotatable bonds is 7. The van der Waals surface area contributed by atoms with Crippen molar-refractivity contribution < 1.29 is 23.0 Å². The highest BCUT2D eigenvalue weighted by Crippen LogP contribution is 2.43. The fourth-order valence-corrected chi connectivity index (χ4v) is 5.30. The summed E-state index contributed by atoms with van der Waals surface area (Å²) in [6.07, 6.45) is 2.19. The number of aliphatic hydroxyl groups excluding tert-OH is 1. The molecule has 194 valence electrons. The molecule has 2 atom stereocenters. The molecule has 5 nitrogen and oxygen atoms in total. The lowest BCUT2D eigenvalue weighted by molar-refractivity contribution is 0.0642. The first kappa shape index (κ1) is 25.3. The minimum atomic E-state index is -1.57. The Labute approximate surface area is 213 Å². The number of aromatic amines is 1. The maximum absolute atomic E-state index is 15.7. The molecule has 5 rings (SSSR count). The molecule has 0 unspecified atom stereocenters. The standard InChI is InChI=1S/C29H30F3N3O2/c1-17-11-21-20-8-4-5-9-24(20)34-27(21)28(35(17)16-29(2,3)32)26-22(30)12-19(13-23(26)31)37-15-25-18(14-36)7-6-10-33-25/h4-10,12-13,17,28,34,36H,11,14-16H2,1-3H3/t17-,28-/m1/s1. The Morgan fingerprint density at radius 3 is 2.57 bits per heavy atom. The van der Waals surface area contributed by atoms with Crippen LogP contribution in [-0.2, 0) is 19.6 Å². The van der Waals surface area contributed by atoms with Gasteiger partial charge in [0.25, 0.3) is 0 Å². The summed E-state index contributed by atoms with van der Waals surface area (Å²) in [7, 11) is 0. The lowest BCUT2D eigenvalue weighted by atomic mass is 9.87. The van der Waals surface area contributed by atoms with E-state index in [4.69, 9.17) is 4.74 Å². The third-order valence-corrected chi connectivity index (χ3v) is 6.93. The minimum Gasteiger partial charge on any atom is -0.487 e. The predicted octanol–water partition coefficient (Wildman–Crippen LogP) is 6.00. The number of H-pyrrole nitrogens is 1. The van der Waals surface area contributed by atoms with Gasteiger partial charge in [-0.15, -0.1) is 0 Å². The monoisotopic (exact) mass is 509 g/mol. The number of pyridine rings is 1. The van der Waals surface area contributed by atoms with Crippen molar-refractivity contribution in [3.63, 3.8) is 0 Å². The van der Waals surface area contributed by atoms with Crippen molar-refractivity contribution >= 4 is 10.9 Å². The van der Waals surface area contributed by atoms with E-state index in [0.717, 1.165) is 28.6 Å². The van der Waals surface area contributed by atoms with Gasteiger partial charge in [-0.1, -0.05) is 24.3 Å². The van der Waals surface area contributed by atoms with Gasteiger partial charge in [-0.05, 0) is 44.9 Å². The van der Waals surface area contributed by atoms with Crippen LogP contribution in [0.25, 0.3) is 10.9 Å². The summed E-state index contributed by atoms with van der Waals surface area (Å²) in [5, 5.41) is 10.5. The average Bonchev–Trinajstić information content (AvgIpc) is 3.21. The molecule has 3 heterocycles. The molecule has 2 aromatic carbocycles. The second kappa shape index (κ2) is 9.84. The second-order valence-electron chi connectivity index (χ2n) is 10.3. The number of nitrogens with zero attached hydrogens (tertiary/aromatic N) is 2. The summed E-state index contributed by atoms with van der Waals surface area (Å²) in [6.45, 7) is 4.64. The molecular weight excluding hydrogens is 479 g/mol. The molecule has 2 N–H and O–H groups in total. The number of fused-ring (bicyclic) bond motifs is 3. The van der Waals surface area contributed by atoms with Crippen LogP contribution in [0.3, 0.4) is 0 Å². The summed E-state index contributed by atoms with van der Waals surface area (Å²) in [6, 6.07) is 12.5. The Morgan fingerprint density at radius 1 is 1.14 bits per heavy atom. The lowest BCUT2D eigenvalue weighted by Gasteiger charge is -2.43. The normalized spacial score (nSPS) is 18.2.